The van der Waals surface area contributed by atoms with Gasteiger partial charge in [-0.3, -0.25) is 4.79 Å². The Balaban J connectivity index is 1.43. The quantitative estimate of drug-likeness (QED) is 0.734. The van der Waals surface area contributed by atoms with Crippen LogP contribution < -0.4 is 5.32 Å². The van der Waals surface area contributed by atoms with Gasteiger partial charge >= 0.3 is 0 Å². The molecule has 1 N–H and O–H groups in total. The first-order valence-corrected chi connectivity index (χ1v) is 12.7. The number of amides is 1. The van der Waals surface area contributed by atoms with Crippen molar-refractivity contribution in [3.8, 4) is 0 Å². The van der Waals surface area contributed by atoms with E-state index in [1.54, 1.807) is 22.6 Å². The summed E-state index contributed by atoms with van der Waals surface area (Å²) in [4.78, 5) is 17.9. The summed E-state index contributed by atoms with van der Waals surface area (Å²) >= 11 is 1.68. The van der Waals surface area contributed by atoms with Gasteiger partial charge in [0.2, 0.25) is 15.9 Å². The number of hydrogen-bond donors (Lipinski definition) is 1. The molecule has 1 aromatic carbocycles. The number of fused-ring (bicyclic) bond motifs is 1. The predicted octanol–water partition coefficient (Wildman–Crippen LogP) is 3.28. The molecule has 1 aliphatic heterocycles. The SMILES string of the molecule is CCS(=O)(=O)N1CCC(NC(=O)[C@H]2CC=CC[C@@H]2c2nc3ccccc3s2)CC1. The van der Waals surface area contributed by atoms with Gasteiger partial charge in [0.1, 0.15) is 0 Å². The van der Waals surface area contributed by atoms with E-state index in [1.165, 1.54) is 0 Å². The fourth-order valence-electron chi connectivity index (χ4n) is 4.19. The van der Waals surface area contributed by atoms with E-state index in [0.29, 0.717) is 25.9 Å². The second kappa shape index (κ2) is 8.53. The number of carbonyl (C=O) groups is 1. The number of rotatable bonds is 5. The van der Waals surface area contributed by atoms with Gasteiger partial charge in [-0.2, -0.15) is 0 Å². The normalized spacial score (nSPS) is 24.0. The lowest BCUT2D eigenvalue weighted by Gasteiger charge is -2.33. The highest BCUT2D eigenvalue weighted by Gasteiger charge is 2.34. The number of hydrogen-bond acceptors (Lipinski definition) is 5. The average molecular weight is 434 g/mol. The minimum atomic E-state index is -3.15. The molecular formula is C21H27N3O3S2. The third-order valence-corrected chi connectivity index (χ3v) is 9.01. The Morgan fingerprint density at radius 3 is 2.66 bits per heavy atom. The van der Waals surface area contributed by atoms with Crippen LogP contribution in [0, 0.1) is 5.92 Å². The van der Waals surface area contributed by atoms with Crippen LogP contribution in [0.1, 0.15) is 43.5 Å². The zero-order chi connectivity index (χ0) is 20.4. The lowest BCUT2D eigenvalue weighted by molar-refractivity contribution is -0.126. The molecular weight excluding hydrogens is 406 g/mol. The highest BCUT2D eigenvalue weighted by molar-refractivity contribution is 7.89. The van der Waals surface area contributed by atoms with Gasteiger partial charge in [0.05, 0.1) is 26.9 Å². The summed E-state index contributed by atoms with van der Waals surface area (Å²) in [6.45, 7) is 2.63. The molecule has 0 unspecified atom stereocenters. The maximum atomic E-state index is 13.1. The Hall–Kier alpha value is -1.77. The Morgan fingerprint density at radius 1 is 1.21 bits per heavy atom. The Labute approximate surface area is 176 Å². The molecule has 1 fully saturated rings. The molecule has 2 aliphatic rings. The highest BCUT2D eigenvalue weighted by atomic mass is 32.2. The largest absolute Gasteiger partial charge is 0.353 e. The van der Waals surface area contributed by atoms with E-state index in [0.717, 1.165) is 28.1 Å². The fraction of sp³-hybridized carbons (Fsp3) is 0.524. The maximum absolute atomic E-state index is 13.1. The van der Waals surface area contributed by atoms with Gasteiger partial charge in [-0.1, -0.05) is 24.3 Å². The fourth-order valence-corrected chi connectivity index (χ4v) is 6.47. The molecule has 1 amide bonds. The van der Waals surface area contributed by atoms with Crippen LogP contribution in [0.5, 0.6) is 0 Å². The molecule has 1 saturated heterocycles. The standard InChI is InChI=1S/C21H27N3O3S2/c1-2-29(26,27)24-13-11-15(12-14-24)22-20(25)16-7-3-4-8-17(16)21-23-18-9-5-6-10-19(18)28-21/h3-6,9-10,15-17H,2,7-8,11-14H2,1H3,(H,22,25)/t16-,17-/m0/s1. The molecule has 8 heteroatoms. The number of nitrogens with zero attached hydrogens (tertiary/aromatic N) is 2. The molecule has 2 atom stereocenters. The summed E-state index contributed by atoms with van der Waals surface area (Å²) in [5.41, 5.74) is 0.991. The lowest BCUT2D eigenvalue weighted by Crippen LogP contribution is -2.48. The number of nitrogens with one attached hydrogen (secondary N) is 1. The zero-order valence-electron chi connectivity index (χ0n) is 16.6. The van der Waals surface area contributed by atoms with E-state index in [-0.39, 0.29) is 29.5 Å². The average Bonchev–Trinajstić information content (AvgIpc) is 3.18. The van der Waals surface area contributed by atoms with Crippen LogP contribution in [0.15, 0.2) is 36.4 Å². The van der Waals surface area contributed by atoms with Gasteiger partial charge in [0.15, 0.2) is 0 Å². The summed E-state index contributed by atoms with van der Waals surface area (Å²) in [5.74, 6) is 0.161. The molecule has 0 bridgehead atoms. The van der Waals surface area contributed by atoms with Crippen LogP contribution in [-0.4, -0.2) is 48.5 Å². The third kappa shape index (κ3) is 4.39. The first-order chi connectivity index (χ1) is 14.0. The summed E-state index contributed by atoms with van der Waals surface area (Å²) in [7, 11) is -3.15. The molecule has 6 nitrogen and oxygen atoms in total. The number of thiazole rings is 1. The zero-order valence-corrected chi connectivity index (χ0v) is 18.2. The molecule has 4 rings (SSSR count). The first kappa shape index (κ1) is 20.5. The van der Waals surface area contributed by atoms with E-state index in [9.17, 15) is 13.2 Å². The number of carbonyl (C=O) groups excluding carboxylic acids is 1. The lowest BCUT2D eigenvalue weighted by atomic mass is 9.82. The van der Waals surface area contributed by atoms with Crippen LogP contribution in [-0.2, 0) is 14.8 Å². The first-order valence-electron chi connectivity index (χ1n) is 10.3. The van der Waals surface area contributed by atoms with Crippen LogP contribution in [0.3, 0.4) is 0 Å². The van der Waals surface area contributed by atoms with Gasteiger partial charge in [-0.05, 0) is 44.7 Å². The van der Waals surface area contributed by atoms with Crippen molar-refractivity contribution in [1.29, 1.82) is 0 Å². The van der Waals surface area contributed by atoms with Crippen molar-refractivity contribution < 1.29 is 13.2 Å². The Bertz CT molecular complexity index is 974. The van der Waals surface area contributed by atoms with Crippen molar-refractivity contribution in [2.75, 3.05) is 18.8 Å². The predicted molar refractivity (Wildman–Crippen MR) is 116 cm³/mol. The van der Waals surface area contributed by atoms with Crippen LogP contribution >= 0.6 is 11.3 Å². The van der Waals surface area contributed by atoms with Gasteiger partial charge in [-0.25, -0.2) is 17.7 Å². The maximum Gasteiger partial charge on any atom is 0.224 e. The van der Waals surface area contributed by atoms with E-state index in [4.69, 9.17) is 4.98 Å². The Kier molecular flexibility index (Phi) is 6.03. The van der Waals surface area contributed by atoms with Crippen molar-refractivity contribution in [2.24, 2.45) is 5.92 Å². The second-order valence-electron chi connectivity index (χ2n) is 7.76. The number of piperidine rings is 1. The van der Waals surface area contributed by atoms with Crippen molar-refractivity contribution >= 4 is 37.5 Å². The highest BCUT2D eigenvalue weighted by Crippen LogP contribution is 2.38. The number of benzene rings is 1. The van der Waals surface area contributed by atoms with Crippen LogP contribution in [0.2, 0.25) is 0 Å². The molecule has 0 spiro atoms. The smallest absolute Gasteiger partial charge is 0.224 e. The summed E-state index contributed by atoms with van der Waals surface area (Å²) in [6, 6.07) is 8.12. The minimum Gasteiger partial charge on any atom is -0.353 e. The van der Waals surface area contributed by atoms with E-state index in [1.807, 2.05) is 18.2 Å². The monoisotopic (exact) mass is 433 g/mol. The topological polar surface area (TPSA) is 79.4 Å². The molecule has 0 radical (unpaired) electrons. The van der Waals surface area contributed by atoms with Crippen molar-refractivity contribution in [3.05, 3.63) is 41.4 Å². The number of para-hydroxylation sites is 1. The minimum absolute atomic E-state index is 0.0349. The molecule has 1 aromatic heterocycles. The van der Waals surface area contributed by atoms with Gasteiger partial charge in [0, 0.05) is 25.0 Å². The summed E-state index contributed by atoms with van der Waals surface area (Å²) in [5, 5.41) is 4.22. The Morgan fingerprint density at radius 2 is 1.93 bits per heavy atom. The molecule has 29 heavy (non-hydrogen) atoms. The molecule has 2 aromatic rings. The van der Waals surface area contributed by atoms with Gasteiger partial charge < -0.3 is 5.32 Å². The second-order valence-corrected chi connectivity index (χ2v) is 11.1. The van der Waals surface area contributed by atoms with E-state index < -0.39 is 10.0 Å². The van der Waals surface area contributed by atoms with Crippen molar-refractivity contribution in [1.82, 2.24) is 14.6 Å². The number of sulfonamides is 1. The van der Waals surface area contributed by atoms with E-state index >= 15 is 0 Å². The van der Waals surface area contributed by atoms with Gasteiger partial charge in [-0.15, -0.1) is 11.3 Å². The van der Waals surface area contributed by atoms with Crippen molar-refractivity contribution in [3.63, 3.8) is 0 Å². The summed E-state index contributed by atoms with van der Waals surface area (Å²) in [6.07, 6.45) is 7.11. The van der Waals surface area contributed by atoms with Crippen LogP contribution in [0.4, 0.5) is 0 Å². The summed E-state index contributed by atoms with van der Waals surface area (Å²) < 4.78 is 26.8. The van der Waals surface area contributed by atoms with Crippen molar-refractivity contribution in [2.45, 2.75) is 44.6 Å². The van der Waals surface area contributed by atoms with E-state index in [2.05, 4.69) is 23.5 Å². The van der Waals surface area contributed by atoms with Gasteiger partial charge in [0.25, 0.3) is 0 Å². The molecule has 2 heterocycles. The third-order valence-electron chi connectivity index (χ3n) is 5.96. The molecule has 1 aliphatic carbocycles. The number of aromatic nitrogens is 1. The molecule has 0 saturated carbocycles. The molecule has 156 valence electrons. The number of allylic oxidation sites excluding steroid dienone is 2. The van der Waals surface area contributed by atoms with Crippen LogP contribution in [0.25, 0.3) is 10.2 Å².